The third kappa shape index (κ3) is 9.36. The fraction of sp³-hybridized carbons (Fsp3) is 0.818. The van der Waals surface area contributed by atoms with Gasteiger partial charge in [-0.3, -0.25) is 0 Å². The van der Waals surface area contributed by atoms with Crippen LogP contribution in [0.25, 0.3) is 0 Å². The molecule has 3 heteroatoms. The van der Waals surface area contributed by atoms with Crippen LogP contribution in [0.4, 0.5) is 4.79 Å². The Morgan fingerprint density at radius 2 is 2.07 bits per heavy atom. The quantitative estimate of drug-likeness (QED) is 0.612. The molecule has 0 spiro atoms. The summed E-state index contributed by atoms with van der Waals surface area (Å²) in [6.45, 7) is 7.07. The topological polar surface area (TPSA) is 38.3 Å². The molecule has 0 saturated heterocycles. The Hall–Kier alpha value is -0.730. The predicted molar refractivity (Wildman–Crippen MR) is 58.1 cm³/mol. The zero-order valence-corrected chi connectivity index (χ0v) is 9.18. The van der Waals surface area contributed by atoms with Gasteiger partial charge in [0.15, 0.2) is 0 Å². The highest BCUT2D eigenvalue weighted by molar-refractivity contribution is 5.66. The Kier molecular flexibility index (Phi) is 9.81. The first-order chi connectivity index (χ1) is 6.81. The third-order valence-corrected chi connectivity index (χ3v) is 1.93. The highest BCUT2D eigenvalue weighted by Crippen LogP contribution is 1.97. The van der Waals surface area contributed by atoms with E-state index in [2.05, 4.69) is 19.2 Å². The second-order valence-corrected chi connectivity index (χ2v) is 3.33. The first-order valence-electron chi connectivity index (χ1n) is 5.51. The zero-order valence-electron chi connectivity index (χ0n) is 9.18. The van der Waals surface area contributed by atoms with Gasteiger partial charge in [0, 0.05) is 6.54 Å². The van der Waals surface area contributed by atoms with E-state index in [9.17, 15) is 4.79 Å². The molecule has 3 nitrogen and oxygen atoms in total. The van der Waals surface area contributed by atoms with E-state index in [4.69, 9.17) is 4.74 Å². The van der Waals surface area contributed by atoms with Crippen LogP contribution in [0.1, 0.15) is 45.4 Å². The SMILES string of the molecule is [CH2]CCCCCNC(=O)OCCCC. The van der Waals surface area contributed by atoms with Crippen LogP contribution in [0.5, 0.6) is 0 Å². The van der Waals surface area contributed by atoms with Crippen LogP contribution >= 0.6 is 0 Å². The molecule has 0 aliphatic heterocycles. The van der Waals surface area contributed by atoms with Gasteiger partial charge < -0.3 is 10.1 Å². The first kappa shape index (κ1) is 13.3. The maximum atomic E-state index is 11.0. The van der Waals surface area contributed by atoms with Crippen molar-refractivity contribution in [2.24, 2.45) is 0 Å². The van der Waals surface area contributed by atoms with Gasteiger partial charge in [-0.05, 0) is 12.8 Å². The average molecular weight is 200 g/mol. The lowest BCUT2D eigenvalue weighted by atomic mass is 10.2. The van der Waals surface area contributed by atoms with E-state index in [0.717, 1.165) is 38.5 Å². The maximum Gasteiger partial charge on any atom is 0.407 e. The average Bonchev–Trinajstić information content (AvgIpc) is 2.18. The molecular weight excluding hydrogens is 178 g/mol. The minimum atomic E-state index is -0.284. The van der Waals surface area contributed by atoms with Crippen molar-refractivity contribution < 1.29 is 9.53 Å². The smallest absolute Gasteiger partial charge is 0.407 e. The molecule has 1 amide bonds. The van der Waals surface area contributed by atoms with Gasteiger partial charge in [-0.2, -0.15) is 0 Å². The molecule has 0 rings (SSSR count). The molecule has 0 saturated carbocycles. The maximum absolute atomic E-state index is 11.0. The lowest BCUT2D eigenvalue weighted by Gasteiger charge is -2.05. The molecule has 1 radical (unpaired) electrons. The largest absolute Gasteiger partial charge is 0.450 e. The second kappa shape index (κ2) is 10.4. The third-order valence-electron chi connectivity index (χ3n) is 1.93. The van der Waals surface area contributed by atoms with Gasteiger partial charge in [0.05, 0.1) is 6.61 Å². The molecule has 0 aromatic carbocycles. The van der Waals surface area contributed by atoms with Crippen molar-refractivity contribution >= 4 is 6.09 Å². The number of carbonyl (C=O) groups is 1. The number of unbranched alkanes of at least 4 members (excludes halogenated alkanes) is 4. The van der Waals surface area contributed by atoms with E-state index in [-0.39, 0.29) is 6.09 Å². The number of hydrogen-bond acceptors (Lipinski definition) is 2. The Balaban J connectivity index is 3.10. The highest BCUT2D eigenvalue weighted by Gasteiger charge is 1.98. The predicted octanol–water partition coefficient (Wildman–Crippen LogP) is 2.91. The highest BCUT2D eigenvalue weighted by atomic mass is 16.5. The van der Waals surface area contributed by atoms with E-state index in [1.165, 1.54) is 0 Å². The molecule has 83 valence electrons. The first-order valence-corrected chi connectivity index (χ1v) is 5.51. The van der Waals surface area contributed by atoms with Crippen molar-refractivity contribution in [2.45, 2.75) is 45.4 Å². The second-order valence-electron chi connectivity index (χ2n) is 3.33. The van der Waals surface area contributed by atoms with Gasteiger partial charge in [-0.1, -0.05) is 39.5 Å². The number of alkyl carbamates (subject to hydrolysis) is 1. The molecule has 0 fully saturated rings. The number of carbonyl (C=O) groups excluding carboxylic acids is 1. The summed E-state index contributed by atoms with van der Waals surface area (Å²) in [6, 6.07) is 0. The number of ether oxygens (including phenoxy) is 1. The van der Waals surface area contributed by atoms with E-state index in [0.29, 0.717) is 13.2 Å². The molecule has 0 aliphatic rings. The van der Waals surface area contributed by atoms with Crippen molar-refractivity contribution in [2.75, 3.05) is 13.2 Å². The van der Waals surface area contributed by atoms with Crippen molar-refractivity contribution in [1.29, 1.82) is 0 Å². The number of hydrogen-bond donors (Lipinski definition) is 1. The fourth-order valence-corrected chi connectivity index (χ4v) is 1.03. The molecule has 0 atom stereocenters. The van der Waals surface area contributed by atoms with Crippen LogP contribution in [0, 0.1) is 6.92 Å². The van der Waals surface area contributed by atoms with E-state index in [1.807, 2.05) is 0 Å². The van der Waals surface area contributed by atoms with E-state index >= 15 is 0 Å². The van der Waals surface area contributed by atoms with Crippen LogP contribution in [0.15, 0.2) is 0 Å². The molecular formula is C11H22NO2. The minimum absolute atomic E-state index is 0.284. The summed E-state index contributed by atoms with van der Waals surface area (Å²) >= 11 is 0. The van der Waals surface area contributed by atoms with E-state index < -0.39 is 0 Å². The summed E-state index contributed by atoms with van der Waals surface area (Å²) in [5, 5.41) is 2.72. The molecule has 0 aromatic rings. The fourth-order valence-electron chi connectivity index (χ4n) is 1.03. The van der Waals surface area contributed by atoms with Crippen LogP contribution in [-0.2, 0) is 4.74 Å². The molecule has 14 heavy (non-hydrogen) atoms. The van der Waals surface area contributed by atoms with Crippen molar-refractivity contribution in [3.05, 3.63) is 6.92 Å². The Morgan fingerprint density at radius 3 is 2.71 bits per heavy atom. The lowest BCUT2D eigenvalue weighted by Crippen LogP contribution is -2.25. The summed E-state index contributed by atoms with van der Waals surface area (Å²) in [5.41, 5.74) is 0. The van der Waals surface area contributed by atoms with Gasteiger partial charge in [-0.15, -0.1) is 0 Å². The number of nitrogens with one attached hydrogen (secondary N) is 1. The summed E-state index contributed by atoms with van der Waals surface area (Å²) in [4.78, 5) is 11.0. The van der Waals surface area contributed by atoms with Gasteiger partial charge in [0.25, 0.3) is 0 Å². The van der Waals surface area contributed by atoms with Gasteiger partial charge in [-0.25, -0.2) is 4.79 Å². The van der Waals surface area contributed by atoms with Crippen LogP contribution in [0.3, 0.4) is 0 Å². The molecule has 0 heterocycles. The molecule has 0 unspecified atom stereocenters. The van der Waals surface area contributed by atoms with Gasteiger partial charge >= 0.3 is 6.09 Å². The summed E-state index contributed by atoms with van der Waals surface area (Å²) in [7, 11) is 0. The standard InChI is InChI=1S/C11H22NO2/c1-3-5-7-8-9-12-11(13)14-10-6-4-2/h1,3-10H2,2H3,(H,12,13). The molecule has 1 N–H and O–H groups in total. The Labute approximate surface area is 87.2 Å². The Morgan fingerprint density at radius 1 is 1.29 bits per heavy atom. The summed E-state index contributed by atoms with van der Waals surface area (Å²) in [6.07, 6.45) is 5.95. The lowest BCUT2D eigenvalue weighted by molar-refractivity contribution is 0.144. The monoisotopic (exact) mass is 200 g/mol. The molecule has 0 bridgehead atoms. The molecule has 0 aliphatic carbocycles. The zero-order chi connectivity index (χ0) is 10.6. The van der Waals surface area contributed by atoms with Crippen LogP contribution in [0.2, 0.25) is 0 Å². The van der Waals surface area contributed by atoms with Crippen molar-refractivity contribution in [1.82, 2.24) is 5.32 Å². The minimum Gasteiger partial charge on any atom is -0.450 e. The van der Waals surface area contributed by atoms with Crippen LogP contribution in [-0.4, -0.2) is 19.2 Å². The molecule has 0 aromatic heterocycles. The summed E-state index contributed by atoms with van der Waals surface area (Å²) < 4.78 is 4.93. The number of rotatable bonds is 8. The van der Waals surface area contributed by atoms with E-state index in [1.54, 1.807) is 0 Å². The van der Waals surface area contributed by atoms with Crippen molar-refractivity contribution in [3.8, 4) is 0 Å². The Bertz CT molecular complexity index is 137. The summed E-state index contributed by atoms with van der Waals surface area (Å²) in [5.74, 6) is 0. The van der Waals surface area contributed by atoms with Gasteiger partial charge in [0.1, 0.15) is 0 Å². The van der Waals surface area contributed by atoms with Crippen LogP contribution < -0.4 is 5.32 Å². The van der Waals surface area contributed by atoms with Gasteiger partial charge in [0.2, 0.25) is 0 Å². The van der Waals surface area contributed by atoms with Crippen molar-refractivity contribution in [3.63, 3.8) is 0 Å². The number of amides is 1. The normalized spacial score (nSPS) is 9.86.